The highest BCUT2D eigenvalue weighted by Crippen LogP contribution is 2.35. The van der Waals surface area contributed by atoms with Crippen molar-refractivity contribution < 1.29 is 13.0 Å². The van der Waals surface area contributed by atoms with E-state index in [0.717, 1.165) is 46.4 Å². The number of rotatable bonds is 5. The van der Waals surface area contributed by atoms with Gasteiger partial charge in [0.2, 0.25) is 0 Å². The number of pyridine rings is 2. The molecule has 0 fully saturated rings. The number of benzene rings is 1. The van der Waals surface area contributed by atoms with E-state index < -0.39 is 19.9 Å². The lowest BCUT2D eigenvalue weighted by atomic mass is 9.97. The van der Waals surface area contributed by atoms with Gasteiger partial charge in [0.25, 0.3) is 5.91 Å². The smallest absolute Gasteiger partial charge is 0.253 e. The molecule has 192 valence electrons. The molecule has 2 N–H and O–H groups in total. The molecule has 3 aromatic heterocycles. The van der Waals surface area contributed by atoms with Crippen molar-refractivity contribution >= 4 is 28.3 Å². The second kappa shape index (κ2) is 10.1. The Morgan fingerprint density at radius 1 is 1.18 bits per heavy atom. The molecule has 4 aromatic rings. The highest BCUT2D eigenvalue weighted by Gasteiger charge is 2.24. The number of hydrogen-bond donors (Lipinski definition) is 1. The minimum Gasteiger partial charge on any atom is -0.384 e. The lowest BCUT2D eigenvalue weighted by Gasteiger charge is -2.32. The summed E-state index contributed by atoms with van der Waals surface area (Å²) in [6.07, 6.45) is 4.59. The topological polar surface area (TPSA) is 104 Å². The van der Waals surface area contributed by atoms with Crippen molar-refractivity contribution in [2.45, 2.75) is 19.4 Å². The van der Waals surface area contributed by atoms with E-state index in [1.165, 1.54) is 12.1 Å². The minimum atomic E-state index is -3.10. The highest BCUT2D eigenvalue weighted by molar-refractivity contribution is 5.95. The zero-order valence-corrected chi connectivity index (χ0v) is 21.1. The van der Waals surface area contributed by atoms with Gasteiger partial charge in [-0.05, 0) is 66.4 Å². The summed E-state index contributed by atoms with van der Waals surface area (Å²) in [6.45, 7) is -2.61. The van der Waals surface area contributed by atoms with Crippen molar-refractivity contribution in [2.24, 2.45) is 7.05 Å². The van der Waals surface area contributed by atoms with Gasteiger partial charge in [-0.25, -0.2) is 9.97 Å². The van der Waals surface area contributed by atoms with Gasteiger partial charge >= 0.3 is 0 Å². The van der Waals surface area contributed by atoms with E-state index >= 15 is 0 Å². The van der Waals surface area contributed by atoms with Crippen LogP contribution in [0.2, 0.25) is 0 Å². The summed E-state index contributed by atoms with van der Waals surface area (Å²) in [4.78, 5) is 23.9. The lowest BCUT2D eigenvalue weighted by Crippen LogP contribution is -2.32. The molecule has 8 heteroatoms. The van der Waals surface area contributed by atoms with Crippen LogP contribution in [0.25, 0.3) is 27.7 Å². The molecule has 0 aliphatic carbocycles. The van der Waals surface area contributed by atoms with Crippen LogP contribution in [0.15, 0.2) is 60.8 Å². The van der Waals surface area contributed by atoms with Crippen LogP contribution >= 0.6 is 0 Å². The first-order chi connectivity index (χ1) is 20.7. The fraction of sp³-hybridized carbons (Fsp3) is 0.267. The maximum Gasteiger partial charge on any atom is 0.253 e. The number of aryl methyl sites for hydroxylation is 1. The first-order valence-corrected chi connectivity index (χ1v) is 12.2. The molecule has 1 aliphatic rings. The SMILES string of the molecule is [2H]C([2H])([2H])N(C(=O)c1ccc(C2=CCN(C(C)c3cc4c(-c5ccc(N)nc5C#N)ccnc4n3C)CC2)cc1)C([2H])([2H])[2H]. The number of anilines is 1. The third-order valence-electron chi connectivity index (χ3n) is 7.20. The van der Waals surface area contributed by atoms with Gasteiger partial charge in [-0.3, -0.25) is 9.69 Å². The first-order valence-electron chi connectivity index (χ1n) is 15.2. The molecule has 4 heterocycles. The fourth-order valence-corrected chi connectivity index (χ4v) is 5.09. The normalized spacial score (nSPS) is 17.7. The zero-order chi connectivity index (χ0) is 32.0. The molecule has 5 rings (SSSR count). The van der Waals surface area contributed by atoms with Gasteiger partial charge in [0.1, 0.15) is 17.5 Å². The van der Waals surface area contributed by atoms with E-state index in [-0.39, 0.29) is 28.0 Å². The standard InChI is InChI=1S/C30H31N7O/c1-19(37-15-12-21(13-16-37)20-5-7-22(8-6-20)30(38)35(2)3)27-17-25-23(11-14-33-29(25)36(27)4)24-9-10-28(32)34-26(24)18-31/h5-12,14,17,19H,13,15-16H2,1-4H3,(H2,32,34)/i2D3,3D3. The van der Waals surface area contributed by atoms with Crippen molar-refractivity contribution in [2.75, 3.05) is 32.8 Å². The van der Waals surface area contributed by atoms with Crippen molar-refractivity contribution in [3.05, 3.63) is 83.3 Å². The monoisotopic (exact) mass is 511 g/mol. The number of carbonyl (C=O) groups is 1. The molecule has 0 saturated carbocycles. The number of amides is 1. The summed E-state index contributed by atoms with van der Waals surface area (Å²) in [7, 11) is 1.98. The predicted octanol–water partition coefficient (Wildman–Crippen LogP) is 4.64. The third-order valence-corrected chi connectivity index (χ3v) is 7.20. The fourth-order valence-electron chi connectivity index (χ4n) is 5.09. The molecular weight excluding hydrogens is 474 g/mol. The van der Waals surface area contributed by atoms with Crippen LogP contribution < -0.4 is 5.73 Å². The predicted molar refractivity (Wildman–Crippen MR) is 150 cm³/mol. The van der Waals surface area contributed by atoms with Crippen LogP contribution in [0.4, 0.5) is 5.82 Å². The number of nitriles is 1. The summed E-state index contributed by atoms with van der Waals surface area (Å²) in [6, 6.07) is 16.0. The Hall–Kier alpha value is -4.48. The summed E-state index contributed by atoms with van der Waals surface area (Å²) < 4.78 is 47.1. The molecule has 1 amide bonds. The number of aromatic nitrogens is 3. The lowest BCUT2D eigenvalue weighted by molar-refractivity contribution is 0.0827. The van der Waals surface area contributed by atoms with Gasteiger partial charge in [-0.15, -0.1) is 0 Å². The van der Waals surface area contributed by atoms with Crippen LogP contribution in [0.5, 0.6) is 0 Å². The summed E-state index contributed by atoms with van der Waals surface area (Å²) in [5.41, 5.74) is 11.4. The van der Waals surface area contributed by atoms with Gasteiger partial charge in [-0.2, -0.15) is 5.26 Å². The molecule has 0 spiro atoms. The van der Waals surface area contributed by atoms with Gasteiger partial charge in [0, 0.05) is 76.8 Å². The molecule has 1 aromatic carbocycles. The number of fused-ring (bicyclic) bond motifs is 1. The highest BCUT2D eigenvalue weighted by atomic mass is 16.2. The summed E-state index contributed by atoms with van der Waals surface area (Å²) in [5.74, 6) is -0.785. The van der Waals surface area contributed by atoms with E-state index in [0.29, 0.717) is 12.1 Å². The van der Waals surface area contributed by atoms with Gasteiger partial charge in [0.05, 0.1) is 0 Å². The van der Waals surface area contributed by atoms with E-state index in [1.807, 2.05) is 19.2 Å². The Morgan fingerprint density at radius 3 is 2.66 bits per heavy atom. The molecule has 0 saturated heterocycles. The van der Waals surface area contributed by atoms with Gasteiger partial charge in [0.15, 0.2) is 5.69 Å². The molecule has 1 atom stereocenters. The largest absolute Gasteiger partial charge is 0.384 e. The Bertz CT molecular complexity index is 1790. The second-order valence-electron chi connectivity index (χ2n) is 9.34. The third kappa shape index (κ3) is 4.53. The van der Waals surface area contributed by atoms with Crippen molar-refractivity contribution in [3.63, 3.8) is 0 Å². The van der Waals surface area contributed by atoms with Crippen molar-refractivity contribution in [3.8, 4) is 17.2 Å². The van der Waals surface area contributed by atoms with Crippen LogP contribution in [0.1, 0.15) is 54.9 Å². The number of hydrogen-bond acceptors (Lipinski definition) is 6. The molecule has 0 radical (unpaired) electrons. The Balaban J connectivity index is 1.36. The Morgan fingerprint density at radius 2 is 1.97 bits per heavy atom. The Kier molecular flexibility index (Phi) is 4.98. The molecule has 1 aliphatic heterocycles. The molecule has 8 nitrogen and oxygen atoms in total. The van der Waals surface area contributed by atoms with E-state index in [2.05, 4.69) is 44.6 Å². The van der Waals surface area contributed by atoms with Gasteiger partial charge < -0.3 is 15.2 Å². The summed E-state index contributed by atoms with van der Waals surface area (Å²) in [5, 5.41) is 10.6. The van der Waals surface area contributed by atoms with Crippen LogP contribution in [-0.2, 0) is 7.05 Å². The average molecular weight is 512 g/mol. The number of nitrogens with two attached hydrogens (primary N) is 1. The molecule has 0 bridgehead atoms. The molecule has 38 heavy (non-hydrogen) atoms. The van der Waals surface area contributed by atoms with E-state index in [9.17, 15) is 10.1 Å². The maximum absolute atomic E-state index is 12.8. The van der Waals surface area contributed by atoms with Crippen LogP contribution in [-0.4, -0.2) is 57.3 Å². The average Bonchev–Trinajstić information content (AvgIpc) is 3.32. The van der Waals surface area contributed by atoms with Crippen LogP contribution in [0.3, 0.4) is 0 Å². The zero-order valence-electron chi connectivity index (χ0n) is 27.1. The number of nitrogen functional groups attached to an aromatic ring is 1. The van der Waals surface area contributed by atoms with Crippen LogP contribution in [0, 0.1) is 11.3 Å². The first kappa shape index (κ1) is 18.7. The quantitative estimate of drug-likeness (QED) is 0.419. The number of carbonyl (C=O) groups excluding carboxylic acids is 1. The second-order valence-corrected chi connectivity index (χ2v) is 9.34. The molecule has 1 unspecified atom stereocenters. The van der Waals surface area contributed by atoms with Gasteiger partial charge in [-0.1, -0.05) is 18.2 Å². The minimum absolute atomic E-state index is 0.00643. The summed E-state index contributed by atoms with van der Waals surface area (Å²) >= 11 is 0. The maximum atomic E-state index is 12.8. The van der Waals surface area contributed by atoms with Crippen molar-refractivity contribution in [1.82, 2.24) is 24.3 Å². The Labute approximate surface area is 231 Å². The van der Waals surface area contributed by atoms with E-state index in [1.54, 1.807) is 24.4 Å². The number of nitrogens with zero attached hydrogens (tertiary/aromatic N) is 6. The van der Waals surface area contributed by atoms with E-state index in [4.69, 9.17) is 14.0 Å². The van der Waals surface area contributed by atoms with Crippen molar-refractivity contribution in [1.29, 1.82) is 5.26 Å². The molecular formula is C30H31N7O.